The molecule has 24 heavy (non-hydrogen) atoms. The van der Waals surface area contributed by atoms with E-state index in [1.54, 1.807) is 36.6 Å². The van der Waals surface area contributed by atoms with E-state index in [0.717, 1.165) is 16.8 Å². The van der Waals surface area contributed by atoms with Crippen molar-refractivity contribution in [2.45, 2.75) is 0 Å². The molecule has 0 amide bonds. The van der Waals surface area contributed by atoms with Crippen molar-refractivity contribution in [3.8, 4) is 11.6 Å². The zero-order chi connectivity index (χ0) is 16.7. The molecule has 0 fully saturated rings. The molecule has 118 valence electrons. The smallest absolute Gasteiger partial charge is 0.333 e. The van der Waals surface area contributed by atoms with Gasteiger partial charge in [0.05, 0.1) is 11.4 Å². The number of benzene rings is 2. The van der Waals surface area contributed by atoms with Gasteiger partial charge in [-0.1, -0.05) is 29.8 Å². The number of aromatic nitrogens is 2. The zero-order valence-corrected chi connectivity index (χ0v) is 13.2. The lowest BCUT2D eigenvalue weighted by Gasteiger charge is -2.03. The second-order valence-corrected chi connectivity index (χ2v) is 5.79. The number of hydrogen-bond acceptors (Lipinski definition) is 3. The number of nitrogens with one attached hydrogen (secondary N) is 1. The van der Waals surface area contributed by atoms with Crippen molar-refractivity contribution >= 4 is 35.2 Å². The monoisotopic (exact) mass is 337 g/mol. The van der Waals surface area contributed by atoms with Crippen LogP contribution in [0.1, 0.15) is 11.3 Å². The molecule has 0 unspecified atom stereocenters. The summed E-state index contributed by atoms with van der Waals surface area (Å²) in [7, 11) is 0. The van der Waals surface area contributed by atoms with Crippen molar-refractivity contribution in [3.63, 3.8) is 0 Å². The standard InChI is InChI=1S/C18H12ClN3O2/c19-12-5-7-13(8-6-12)22-17(23)16(21-18(22)24)9-11-10-20-15-4-2-1-3-14(11)15/h1-10,23H,(H,21,24)/b11-9+. The van der Waals surface area contributed by atoms with Crippen LogP contribution in [0.25, 0.3) is 17.3 Å². The number of nitrogens with zero attached hydrogens (tertiary/aromatic N) is 2. The Kier molecular flexibility index (Phi) is 3.36. The summed E-state index contributed by atoms with van der Waals surface area (Å²) in [6.07, 6.45) is 3.42. The van der Waals surface area contributed by atoms with Gasteiger partial charge >= 0.3 is 5.69 Å². The van der Waals surface area contributed by atoms with E-state index in [9.17, 15) is 9.90 Å². The highest BCUT2D eigenvalue weighted by atomic mass is 35.5. The molecule has 0 saturated heterocycles. The Bertz CT molecular complexity index is 1040. The molecule has 6 heteroatoms. The fourth-order valence-electron chi connectivity index (χ4n) is 2.68. The highest BCUT2D eigenvalue weighted by Crippen LogP contribution is 2.33. The molecule has 2 N–H and O–H groups in total. The highest BCUT2D eigenvalue weighted by Gasteiger charge is 2.16. The fraction of sp³-hybridized carbons (Fsp3) is 0. The van der Waals surface area contributed by atoms with E-state index >= 15 is 0 Å². The van der Waals surface area contributed by atoms with Gasteiger partial charge in [0.1, 0.15) is 5.69 Å². The van der Waals surface area contributed by atoms with Crippen molar-refractivity contribution in [2.75, 3.05) is 0 Å². The van der Waals surface area contributed by atoms with Gasteiger partial charge in [-0.3, -0.25) is 4.99 Å². The number of H-pyrrole nitrogens is 1. The third kappa shape index (κ3) is 2.35. The quantitative estimate of drug-likeness (QED) is 0.747. The highest BCUT2D eigenvalue weighted by molar-refractivity contribution is 6.30. The van der Waals surface area contributed by atoms with Gasteiger partial charge in [0.15, 0.2) is 0 Å². The number of hydrogen-bond donors (Lipinski definition) is 2. The minimum Gasteiger partial charge on any atom is -0.493 e. The summed E-state index contributed by atoms with van der Waals surface area (Å²) in [5.74, 6) is -0.160. The van der Waals surface area contributed by atoms with Crippen LogP contribution in [0.2, 0.25) is 5.02 Å². The molecule has 0 spiro atoms. The van der Waals surface area contributed by atoms with Gasteiger partial charge in [0.2, 0.25) is 5.88 Å². The first-order valence-corrected chi connectivity index (χ1v) is 7.66. The molecule has 2 heterocycles. The number of rotatable bonds is 2. The maximum absolute atomic E-state index is 12.2. The predicted molar refractivity (Wildman–Crippen MR) is 95.5 cm³/mol. The fourth-order valence-corrected chi connectivity index (χ4v) is 2.81. The third-order valence-electron chi connectivity index (χ3n) is 3.84. The lowest BCUT2D eigenvalue weighted by atomic mass is 10.1. The molecule has 4 rings (SSSR count). The normalized spacial score (nSPS) is 14.3. The number of halogens is 1. The van der Waals surface area contributed by atoms with E-state index in [0.29, 0.717) is 16.4 Å². The topological polar surface area (TPSA) is 70.4 Å². The van der Waals surface area contributed by atoms with Crippen LogP contribution in [0.4, 0.5) is 5.69 Å². The van der Waals surface area contributed by atoms with Crippen LogP contribution in [0.5, 0.6) is 5.88 Å². The zero-order valence-electron chi connectivity index (χ0n) is 12.4. The maximum Gasteiger partial charge on any atom is 0.333 e. The van der Waals surface area contributed by atoms with Crippen molar-refractivity contribution in [3.05, 3.63) is 75.3 Å². The molecule has 0 atom stereocenters. The largest absolute Gasteiger partial charge is 0.493 e. The third-order valence-corrected chi connectivity index (χ3v) is 4.09. The van der Waals surface area contributed by atoms with Crippen molar-refractivity contribution in [2.24, 2.45) is 4.99 Å². The number of aromatic amines is 1. The minimum atomic E-state index is -0.426. The van der Waals surface area contributed by atoms with Gasteiger partial charge in [-0.25, -0.2) is 9.36 Å². The van der Waals surface area contributed by atoms with E-state index in [4.69, 9.17) is 11.6 Å². The van der Waals surface area contributed by atoms with Crippen LogP contribution in [-0.4, -0.2) is 20.9 Å². The van der Waals surface area contributed by atoms with E-state index < -0.39 is 5.69 Å². The van der Waals surface area contributed by atoms with Gasteiger partial charge in [-0.2, -0.15) is 0 Å². The summed E-state index contributed by atoms with van der Waals surface area (Å²) in [5.41, 5.74) is 3.08. The number of aliphatic imine (C=N–C) groups is 1. The summed E-state index contributed by atoms with van der Waals surface area (Å²) in [4.78, 5) is 19.2. The number of fused-ring (bicyclic) bond motifs is 1. The average Bonchev–Trinajstić information content (AvgIpc) is 3.11. The SMILES string of the molecule is O=c1[nH]c(/C=C2\C=Nc3ccccc32)c(O)n1-c1ccc(Cl)cc1. The Morgan fingerprint density at radius 2 is 1.88 bits per heavy atom. The molecule has 0 aliphatic carbocycles. The average molecular weight is 338 g/mol. The van der Waals surface area contributed by atoms with Crippen LogP contribution in [0.15, 0.2) is 58.3 Å². The van der Waals surface area contributed by atoms with Gasteiger partial charge in [0.25, 0.3) is 0 Å². The summed E-state index contributed by atoms with van der Waals surface area (Å²) >= 11 is 5.86. The van der Waals surface area contributed by atoms with Crippen molar-refractivity contribution in [1.29, 1.82) is 0 Å². The Labute approximate surface area is 142 Å². The van der Waals surface area contributed by atoms with Crippen LogP contribution >= 0.6 is 11.6 Å². The molecule has 0 bridgehead atoms. The second-order valence-electron chi connectivity index (χ2n) is 5.35. The molecule has 0 saturated carbocycles. The van der Waals surface area contributed by atoms with E-state index in [1.807, 2.05) is 24.3 Å². The maximum atomic E-state index is 12.2. The van der Waals surface area contributed by atoms with E-state index in [1.165, 1.54) is 4.57 Å². The molecule has 0 radical (unpaired) electrons. The van der Waals surface area contributed by atoms with Crippen molar-refractivity contribution < 1.29 is 5.11 Å². The van der Waals surface area contributed by atoms with Crippen LogP contribution in [-0.2, 0) is 0 Å². The summed E-state index contributed by atoms with van der Waals surface area (Å²) in [5, 5.41) is 11.0. The van der Waals surface area contributed by atoms with E-state index in [2.05, 4.69) is 9.98 Å². The van der Waals surface area contributed by atoms with Gasteiger partial charge in [-0.15, -0.1) is 0 Å². The molecule has 5 nitrogen and oxygen atoms in total. The van der Waals surface area contributed by atoms with Gasteiger partial charge in [-0.05, 0) is 36.4 Å². The second kappa shape index (κ2) is 5.54. The summed E-state index contributed by atoms with van der Waals surface area (Å²) < 4.78 is 1.20. The Hall–Kier alpha value is -3.05. The number of para-hydroxylation sites is 1. The summed E-state index contributed by atoms with van der Waals surface area (Å²) in [6, 6.07) is 14.3. The molecule has 1 aliphatic heterocycles. The first-order chi connectivity index (χ1) is 11.6. The Balaban J connectivity index is 1.81. The summed E-state index contributed by atoms with van der Waals surface area (Å²) in [6.45, 7) is 0. The van der Waals surface area contributed by atoms with Gasteiger partial charge < -0.3 is 10.1 Å². The number of imidazole rings is 1. The number of aromatic hydroxyl groups is 1. The van der Waals surface area contributed by atoms with E-state index in [-0.39, 0.29) is 5.88 Å². The predicted octanol–water partition coefficient (Wildman–Crippen LogP) is 3.78. The Morgan fingerprint density at radius 1 is 1.12 bits per heavy atom. The van der Waals surface area contributed by atoms with Crippen molar-refractivity contribution in [1.82, 2.24) is 9.55 Å². The molecule has 2 aromatic carbocycles. The lowest BCUT2D eigenvalue weighted by Crippen LogP contribution is -2.14. The molecule has 1 aromatic heterocycles. The Morgan fingerprint density at radius 3 is 2.67 bits per heavy atom. The molecular formula is C18H12ClN3O2. The van der Waals surface area contributed by atoms with Gasteiger partial charge in [0, 0.05) is 22.4 Å². The van der Waals surface area contributed by atoms with Crippen LogP contribution < -0.4 is 5.69 Å². The molecular weight excluding hydrogens is 326 g/mol. The molecule has 1 aliphatic rings. The first-order valence-electron chi connectivity index (χ1n) is 7.28. The molecule has 3 aromatic rings. The lowest BCUT2D eigenvalue weighted by molar-refractivity contribution is 0.440. The van der Waals surface area contributed by atoms with Crippen LogP contribution in [0.3, 0.4) is 0 Å². The first kappa shape index (κ1) is 14.5. The minimum absolute atomic E-state index is 0.160. The van der Waals surface area contributed by atoms with Crippen LogP contribution in [0, 0.1) is 0 Å². The number of allylic oxidation sites excluding steroid dienone is 1.